The Morgan fingerprint density at radius 3 is 2.36 bits per heavy atom. The van der Waals surface area contributed by atoms with E-state index in [0.29, 0.717) is 12.1 Å². The first-order valence-electron chi connectivity index (χ1n) is 8.78. The first kappa shape index (κ1) is 21.9. The van der Waals surface area contributed by atoms with Crippen LogP contribution >= 0.6 is 0 Å². The van der Waals surface area contributed by atoms with Gasteiger partial charge in [0, 0.05) is 26.2 Å². The Labute approximate surface area is 167 Å². The Bertz CT molecular complexity index is 927. The summed E-state index contributed by atoms with van der Waals surface area (Å²) in [5.41, 5.74) is 1.31. The lowest BCUT2D eigenvalue weighted by molar-refractivity contribution is 0.0941. The van der Waals surface area contributed by atoms with E-state index in [0.717, 1.165) is 15.6 Å². The maximum absolute atomic E-state index is 12.6. The molecule has 1 amide bonds. The molecule has 0 aliphatic carbocycles. The van der Waals surface area contributed by atoms with Crippen LogP contribution in [0.15, 0.2) is 53.4 Å². The molecule has 2 aromatic carbocycles. The molecule has 0 spiro atoms. The van der Waals surface area contributed by atoms with Crippen LogP contribution in [0.5, 0.6) is 5.75 Å². The molecule has 2 aromatic rings. The van der Waals surface area contributed by atoms with Crippen LogP contribution in [-0.2, 0) is 10.0 Å². The van der Waals surface area contributed by atoms with Gasteiger partial charge in [0.1, 0.15) is 5.75 Å². The number of nitrogens with one attached hydrogen (secondary N) is 1. The van der Waals surface area contributed by atoms with Crippen LogP contribution in [0, 0.1) is 0 Å². The SMILES string of the molecule is COc1cccc(C(CNC(=O)c2cccc(S(=O)(=O)N(C)C)c2)N(C)C)c1. The largest absolute Gasteiger partial charge is 0.497 e. The van der Waals surface area contributed by atoms with Crippen molar-refractivity contribution >= 4 is 15.9 Å². The molecule has 0 aliphatic rings. The van der Waals surface area contributed by atoms with Crippen molar-refractivity contribution in [2.45, 2.75) is 10.9 Å². The van der Waals surface area contributed by atoms with Crippen molar-refractivity contribution in [2.75, 3.05) is 41.8 Å². The molecule has 0 fully saturated rings. The van der Waals surface area contributed by atoms with Gasteiger partial charge in [0.25, 0.3) is 5.91 Å². The lowest BCUT2D eigenvalue weighted by atomic mass is 10.1. The van der Waals surface area contributed by atoms with Gasteiger partial charge in [-0.25, -0.2) is 12.7 Å². The molecule has 0 radical (unpaired) electrons. The smallest absolute Gasteiger partial charge is 0.251 e. The van der Waals surface area contributed by atoms with Gasteiger partial charge in [-0.05, 0) is 50.0 Å². The standard InChI is InChI=1S/C20H27N3O4S/c1-22(2)19(15-8-6-10-17(12-15)27-5)14-21-20(24)16-9-7-11-18(13-16)28(25,26)23(3)4/h6-13,19H,14H2,1-5H3,(H,21,24). The predicted octanol–water partition coefficient (Wildman–Crippen LogP) is 1.98. The highest BCUT2D eigenvalue weighted by atomic mass is 32.2. The van der Waals surface area contributed by atoms with E-state index in [2.05, 4.69) is 5.32 Å². The van der Waals surface area contributed by atoms with Crippen LogP contribution in [0.2, 0.25) is 0 Å². The summed E-state index contributed by atoms with van der Waals surface area (Å²) in [5.74, 6) is 0.419. The topological polar surface area (TPSA) is 78.9 Å². The Balaban J connectivity index is 2.17. The van der Waals surface area contributed by atoms with Gasteiger partial charge < -0.3 is 15.0 Å². The summed E-state index contributed by atoms with van der Waals surface area (Å²) < 4.78 is 31.0. The summed E-state index contributed by atoms with van der Waals surface area (Å²) in [5, 5.41) is 2.89. The zero-order valence-corrected chi connectivity index (χ0v) is 17.7. The van der Waals surface area contributed by atoms with Gasteiger partial charge in [0.2, 0.25) is 10.0 Å². The molecule has 0 heterocycles. The quantitative estimate of drug-likeness (QED) is 0.727. The van der Waals surface area contributed by atoms with Gasteiger partial charge in [-0.3, -0.25) is 4.79 Å². The number of sulfonamides is 1. The molecule has 0 bridgehead atoms. The van der Waals surface area contributed by atoms with Gasteiger partial charge >= 0.3 is 0 Å². The molecule has 0 saturated heterocycles. The van der Waals surface area contributed by atoms with Crippen molar-refractivity contribution < 1.29 is 17.9 Å². The van der Waals surface area contributed by atoms with E-state index in [9.17, 15) is 13.2 Å². The third-order valence-corrected chi connectivity index (χ3v) is 6.24. The van der Waals surface area contributed by atoms with E-state index in [1.807, 2.05) is 43.3 Å². The molecule has 0 aliphatic heterocycles. The monoisotopic (exact) mass is 405 g/mol. The van der Waals surface area contributed by atoms with E-state index in [4.69, 9.17) is 4.74 Å². The maximum atomic E-state index is 12.6. The zero-order chi connectivity index (χ0) is 20.9. The minimum absolute atomic E-state index is 0.0623. The molecular weight excluding hydrogens is 378 g/mol. The number of carbonyl (C=O) groups is 1. The number of nitrogens with zero attached hydrogens (tertiary/aromatic N) is 2. The highest BCUT2D eigenvalue weighted by Gasteiger charge is 2.20. The fourth-order valence-electron chi connectivity index (χ4n) is 2.75. The number of hydrogen-bond donors (Lipinski definition) is 1. The van der Waals surface area contributed by atoms with E-state index in [-0.39, 0.29) is 16.8 Å². The zero-order valence-electron chi connectivity index (χ0n) is 16.8. The van der Waals surface area contributed by atoms with Crippen molar-refractivity contribution in [1.29, 1.82) is 0 Å². The fourth-order valence-corrected chi connectivity index (χ4v) is 3.70. The first-order chi connectivity index (χ1) is 13.2. The number of likely N-dealkylation sites (N-methyl/N-ethyl adjacent to an activating group) is 1. The minimum Gasteiger partial charge on any atom is -0.497 e. The van der Waals surface area contributed by atoms with Crippen LogP contribution in [0.3, 0.4) is 0 Å². The van der Waals surface area contributed by atoms with Crippen LogP contribution in [0.4, 0.5) is 0 Å². The summed E-state index contributed by atoms with van der Waals surface area (Å²) in [6.07, 6.45) is 0. The number of carbonyl (C=O) groups excluding carboxylic acids is 1. The Morgan fingerprint density at radius 2 is 1.75 bits per heavy atom. The average Bonchev–Trinajstić information content (AvgIpc) is 2.67. The number of hydrogen-bond acceptors (Lipinski definition) is 5. The van der Waals surface area contributed by atoms with E-state index < -0.39 is 10.0 Å². The van der Waals surface area contributed by atoms with Gasteiger partial charge in [-0.1, -0.05) is 18.2 Å². The van der Waals surface area contributed by atoms with Crippen LogP contribution in [-0.4, -0.2) is 65.4 Å². The first-order valence-corrected chi connectivity index (χ1v) is 10.2. The normalized spacial score (nSPS) is 12.8. The van der Waals surface area contributed by atoms with Crippen LogP contribution in [0.1, 0.15) is 22.0 Å². The summed E-state index contributed by atoms with van der Waals surface area (Å²) in [6.45, 7) is 0.365. The molecular formula is C20H27N3O4S. The molecule has 0 aromatic heterocycles. The number of rotatable bonds is 8. The summed E-state index contributed by atoms with van der Waals surface area (Å²) >= 11 is 0. The van der Waals surface area contributed by atoms with Crippen molar-refractivity contribution in [1.82, 2.24) is 14.5 Å². The number of ether oxygens (including phenoxy) is 1. The average molecular weight is 406 g/mol. The lowest BCUT2D eigenvalue weighted by Gasteiger charge is -2.25. The van der Waals surface area contributed by atoms with Gasteiger partial charge in [-0.15, -0.1) is 0 Å². The molecule has 1 atom stereocenters. The second-order valence-corrected chi connectivity index (χ2v) is 8.93. The van der Waals surface area contributed by atoms with E-state index >= 15 is 0 Å². The Hall–Kier alpha value is -2.42. The Morgan fingerprint density at radius 1 is 1.07 bits per heavy atom. The van der Waals surface area contributed by atoms with Crippen LogP contribution < -0.4 is 10.1 Å². The summed E-state index contributed by atoms with van der Waals surface area (Å²) in [6, 6.07) is 13.6. The highest BCUT2D eigenvalue weighted by Crippen LogP contribution is 2.22. The number of amides is 1. The van der Waals surface area contributed by atoms with Gasteiger partial charge in [-0.2, -0.15) is 0 Å². The Kier molecular flexibility index (Phi) is 7.17. The van der Waals surface area contributed by atoms with Crippen molar-refractivity contribution in [3.63, 3.8) is 0 Å². The summed E-state index contributed by atoms with van der Waals surface area (Å²) in [7, 11) is 4.79. The molecule has 1 N–H and O–H groups in total. The third-order valence-electron chi connectivity index (χ3n) is 4.43. The van der Waals surface area contributed by atoms with E-state index in [1.54, 1.807) is 19.2 Å². The van der Waals surface area contributed by atoms with E-state index in [1.165, 1.54) is 26.2 Å². The minimum atomic E-state index is -3.60. The predicted molar refractivity (Wildman–Crippen MR) is 109 cm³/mol. The fraction of sp³-hybridized carbons (Fsp3) is 0.350. The lowest BCUT2D eigenvalue weighted by Crippen LogP contribution is -2.34. The number of benzene rings is 2. The van der Waals surface area contributed by atoms with Crippen molar-refractivity contribution in [3.8, 4) is 5.75 Å². The molecule has 0 saturated carbocycles. The second kappa shape index (κ2) is 9.18. The summed E-state index contributed by atoms with van der Waals surface area (Å²) in [4.78, 5) is 14.7. The van der Waals surface area contributed by atoms with Crippen molar-refractivity contribution in [3.05, 3.63) is 59.7 Å². The maximum Gasteiger partial charge on any atom is 0.251 e. The highest BCUT2D eigenvalue weighted by molar-refractivity contribution is 7.89. The second-order valence-electron chi connectivity index (χ2n) is 6.78. The van der Waals surface area contributed by atoms with Gasteiger partial charge in [0.05, 0.1) is 18.0 Å². The van der Waals surface area contributed by atoms with Crippen molar-refractivity contribution in [2.24, 2.45) is 0 Å². The number of methoxy groups -OCH3 is 1. The third kappa shape index (κ3) is 5.09. The van der Waals surface area contributed by atoms with Crippen LogP contribution in [0.25, 0.3) is 0 Å². The molecule has 2 rings (SSSR count). The molecule has 152 valence electrons. The molecule has 28 heavy (non-hydrogen) atoms. The molecule has 8 heteroatoms. The van der Waals surface area contributed by atoms with Gasteiger partial charge in [0.15, 0.2) is 0 Å². The molecule has 7 nitrogen and oxygen atoms in total. The molecule has 1 unspecified atom stereocenters.